The van der Waals surface area contributed by atoms with E-state index in [0.717, 1.165) is 12.1 Å². The quantitative estimate of drug-likeness (QED) is 0.783. The molecule has 0 aliphatic carbocycles. The average Bonchev–Trinajstić information content (AvgIpc) is 2.85. The van der Waals surface area contributed by atoms with E-state index in [0.29, 0.717) is 0 Å². The van der Waals surface area contributed by atoms with Gasteiger partial charge in [0.2, 0.25) is 0 Å². The molecule has 0 saturated heterocycles. The number of nitrogens with zero attached hydrogens (tertiary/aromatic N) is 1. The van der Waals surface area contributed by atoms with E-state index in [-0.39, 0.29) is 6.04 Å². The Balaban J connectivity index is 1.87. The van der Waals surface area contributed by atoms with E-state index in [9.17, 15) is 0 Å². The Morgan fingerprint density at radius 3 is 2.84 bits per heavy atom. The van der Waals surface area contributed by atoms with Gasteiger partial charge in [0.1, 0.15) is 0 Å². The minimum Gasteiger partial charge on any atom is -0.323 e. The molecule has 0 aliphatic heterocycles. The molecule has 3 aromatic rings. The Bertz CT molecular complexity index is 670. The van der Waals surface area contributed by atoms with E-state index in [1.165, 1.54) is 20.5 Å². The fourth-order valence-electron chi connectivity index (χ4n) is 2.23. The second-order valence-corrected chi connectivity index (χ2v) is 5.88. The fraction of sp³-hybridized carbons (Fsp3) is 0.188. The van der Waals surface area contributed by atoms with Gasteiger partial charge >= 0.3 is 0 Å². The molecule has 0 saturated carbocycles. The predicted octanol–water partition coefficient (Wildman–Crippen LogP) is 3.85. The van der Waals surface area contributed by atoms with Crippen LogP contribution in [-0.2, 0) is 6.42 Å². The third-order valence-electron chi connectivity index (χ3n) is 3.34. The van der Waals surface area contributed by atoms with Crippen molar-refractivity contribution in [1.82, 2.24) is 4.98 Å². The lowest BCUT2D eigenvalue weighted by molar-refractivity contribution is 0.716. The molecule has 2 heterocycles. The van der Waals surface area contributed by atoms with Gasteiger partial charge in [-0.15, -0.1) is 11.3 Å². The summed E-state index contributed by atoms with van der Waals surface area (Å²) in [5.41, 5.74) is 8.63. The molecule has 96 valence electrons. The third kappa shape index (κ3) is 2.53. The molecular weight excluding hydrogens is 252 g/mol. The molecule has 2 aromatic heterocycles. The standard InChI is InChI=1S/C16H16N2S/c1-11-5-4-8-18-14(11)10-13(17)16-9-12-6-2-3-7-15(12)19-16/h2-9,13H,10,17H2,1H3. The molecule has 0 fully saturated rings. The van der Waals surface area contributed by atoms with Crippen molar-refractivity contribution in [3.63, 3.8) is 0 Å². The van der Waals surface area contributed by atoms with Gasteiger partial charge in [-0.2, -0.15) is 0 Å². The summed E-state index contributed by atoms with van der Waals surface area (Å²) in [5.74, 6) is 0. The molecule has 19 heavy (non-hydrogen) atoms. The van der Waals surface area contributed by atoms with Gasteiger partial charge in [0.05, 0.1) is 0 Å². The van der Waals surface area contributed by atoms with Crippen LogP contribution < -0.4 is 5.73 Å². The highest BCUT2D eigenvalue weighted by Gasteiger charge is 2.12. The molecule has 0 spiro atoms. The smallest absolute Gasteiger partial charge is 0.0451 e. The molecule has 1 unspecified atom stereocenters. The molecule has 2 nitrogen and oxygen atoms in total. The Morgan fingerprint density at radius 2 is 2.05 bits per heavy atom. The van der Waals surface area contributed by atoms with Gasteiger partial charge in [0, 0.05) is 33.9 Å². The van der Waals surface area contributed by atoms with Gasteiger partial charge in [-0.1, -0.05) is 24.3 Å². The molecular formula is C16H16N2S. The number of hydrogen-bond donors (Lipinski definition) is 1. The first-order valence-corrected chi connectivity index (χ1v) is 7.20. The van der Waals surface area contributed by atoms with Crippen LogP contribution in [0.3, 0.4) is 0 Å². The van der Waals surface area contributed by atoms with Crippen LogP contribution in [0.1, 0.15) is 22.2 Å². The van der Waals surface area contributed by atoms with E-state index in [2.05, 4.69) is 48.3 Å². The first-order valence-electron chi connectivity index (χ1n) is 6.38. The number of thiophene rings is 1. The van der Waals surface area contributed by atoms with E-state index < -0.39 is 0 Å². The van der Waals surface area contributed by atoms with Gasteiger partial charge < -0.3 is 5.73 Å². The Kier molecular flexibility index (Phi) is 3.32. The number of benzene rings is 1. The first kappa shape index (κ1) is 12.3. The van der Waals surface area contributed by atoms with E-state index in [1.54, 1.807) is 11.3 Å². The minimum atomic E-state index is 0.0194. The normalized spacial score (nSPS) is 12.7. The average molecular weight is 268 g/mol. The highest BCUT2D eigenvalue weighted by molar-refractivity contribution is 7.19. The summed E-state index contributed by atoms with van der Waals surface area (Å²) in [7, 11) is 0. The van der Waals surface area contributed by atoms with Crippen molar-refractivity contribution in [2.45, 2.75) is 19.4 Å². The molecule has 3 rings (SSSR count). The zero-order chi connectivity index (χ0) is 13.2. The van der Waals surface area contributed by atoms with Gasteiger partial charge in [0.25, 0.3) is 0 Å². The van der Waals surface area contributed by atoms with E-state index in [1.807, 2.05) is 12.3 Å². The Morgan fingerprint density at radius 1 is 1.21 bits per heavy atom. The first-order chi connectivity index (χ1) is 9.24. The van der Waals surface area contributed by atoms with Crippen molar-refractivity contribution in [2.24, 2.45) is 5.73 Å². The van der Waals surface area contributed by atoms with Crippen molar-refractivity contribution in [3.8, 4) is 0 Å². The highest BCUT2D eigenvalue weighted by Crippen LogP contribution is 2.30. The van der Waals surface area contributed by atoms with Crippen molar-refractivity contribution >= 4 is 21.4 Å². The largest absolute Gasteiger partial charge is 0.323 e. The van der Waals surface area contributed by atoms with Crippen LogP contribution >= 0.6 is 11.3 Å². The lowest BCUT2D eigenvalue weighted by Gasteiger charge is -2.10. The van der Waals surface area contributed by atoms with Crippen LogP contribution in [0.5, 0.6) is 0 Å². The zero-order valence-electron chi connectivity index (χ0n) is 10.8. The number of aromatic nitrogens is 1. The number of rotatable bonds is 3. The number of fused-ring (bicyclic) bond motifs is 1. The van der Waals surface area contributed by atoms with Crippen LogP contribution in [0.2, 0.25) is 0 Å². The number of hydrogen-bond acceptors (Lipinski definition) is 3. The molecule has 1 atom stereocenters. The van der Waals surface area contributed by atoms with Gasteiger partial charge in [-0.05, 0) is 36.1 Å². The maximum atomic E-state index is 6.33. The number of nitrogens with two attached hydrogens (primary N) is 1. The Labute approximate surface area is 116 Å². The molecule has 0 bridgehead atoms. The van der Waals surface area contributed by atoms with E-state index >= 15 is 0 Å². The van der Waals surface area contributed by atoms with E-state index in [4.69, 9.17) is 5.73 Å². The lowest BCUT2D eigenvalue weighted by Crippen LogP contribution is -2.13. The summed E-state index contributed by atoms with van der Waals surface area (Å²) >= 11 is 1.78. The summed E-state index contributed by atoms with van der Waals surface area (Å²) in [6, 6.07) is 14.7. The summed E-state index contributed by atoms with van der Waals surface area (Å²) in [6.07, 6.45) is 2.62. The van der Waals surface area contributed by atoms with Crippen LogP contribution in [-0.4, -0.2) is 4.98 Å². The second kappa shape index (κ2) is 5.11. The highest BCUT2D eigenvalue weighted by atomic mass is 32.1. The van der Waals surface area contributed by atoms with Crippen LogP contribution in [0, 0.1) is 6.92 Å². The molecule has 0 aliphatic rings. The predicted molar refractivity (Wildman–Crippen MR) is 81.4 cm³/mol. The number of pyridine rings is 1. The fourth-order valence-corrected chi connectivity index (χ4v) is 3.29. The summed E-state index contributed by atoms with van der Waals surface area (Å²) < 4.78 is 1.30. The SMILES string of the molecule is Cc1cccnc1CC(N)c1cc2ccccc2s1. The molecule has 2 N–H and O–H groups in total. The summed E-state index contributed by atoms with van der Waals surface area (Å²) in [5, 5.41) is 1.27. The van der Waals surface area contributed by atoms with Crippen molar-refractivity contribution in [2.75, 3.05) is 0 Å². The molecule has 3 heteroatoms. The molecule has 0 radical (unpaired) electrons. The summed E-state index contributed by atoms with van der Waals surface area (Å²) in [4.78, 5) is 5.65. The topological polar surface area (TPSA) is 38.9 Å². The van der Waals surface area contributed by atoms with Crippen molar-refractivity contribution in [3.05, 3.63) is 64.8 Å². The van der Waals surface area contributed by atoms with Crippen LogP contribution in [0.4, 0.5) is 0 Å². The molecule has 1 aromatic carbocycles. The van der Waals surface area contributed by atoms with Gasteiger partial charge in [0.15, 0.2) is 0 Å². The maximum absolute atomic E-state index is 6.33. The lowest BCUT2D eigenvalue weighted by atomic mass is 10.1. The zero-order valence-corrected chi connectivity index (χ0v) is 11.7. The van der Waals surface area contributed by atoms with Crippen LogP contribution in [0.15, 0.2) is 48.7 Å². The van der Waals surface area contributed by atoms with Crippen LogP contribution in [0.25, 0.3) is 10.1 Å². The maximum Gasteiger partial charge on any atom is 0.0451 e. The third-order valence-corrected chi connectivity index (χ3v) is 4.59. The van der Waals surface area contributed by atoms with Crippen molar-refractivity contribution in [1.29, 1.82) is 0 Å². The van der Waals surface area contributed by atoms with Crippen molar-refractivity contribution < 1.29 is 0 Å². The molecule has 0 amide bonds. The monoisotopic (exact) mass is 268 g/mol. The second-order valence-electron chi connectivity index (χ2n) is 4.76. The summed E-state index contributed by atoms with van der Waals surface area (Å²) in [6.45, 7) is 2.08. The van der Waals surface area contributed by atoms with Gasteiger partial charge in [-0.3, -0.25) is 4.98 Å². The Hall–Kier alpha value is -1.71. The number of aryl methyl sites for hydroxylation is 1. The minimum absolute atomic E-state index is 0.0194. The van der Waals surface area contributed by atoms with Gasteiger partial charge in [-0.25, -0.2) is 0 Å².